The van der Waals surface area contributed by atoms with Crippen LogP contribution in [0.2, 0.25) is 0 Å². The first-order valence-electron chi connectivity index (χ1n) is 12.2. The van der Waals surface area contributed by atoms with Crippen LogP contribution in [0.25, 0.3) is 5.73 Å². The van der Waals surface area contributed by atoms with Gasteiger partial charge in [0.1, 0.15) is 0 Å². The van der Waals surface area contributed by atoms with Crippen molar-refractivity contribution in [2.24, 2.45) is 5.73 Å². The van der Waals surface area contributed by atoms with E-state index in [-0.39, 0.29) is 10.5 Å². The minimum atomic E-state index is -2.51. The molecule has 0 aromatic heterocycles. The first-order valence-corrected chi connectivity index (χ1v) is 15.5. The molecule has 5 nitrogen and oxygen atoms in total. The molecule has 3 N–H and O–H groups in total. The number of nitrogens with one attached hydrogen (secondary N) is 1. The van der Waals surface area contributed by atoms with Crippen molar-refractivity contribution in [3.8, 4) is 0 Å². The Morgan fingerprint density at radius 1 is 0.795 bits per heavy atom. The van der Waals surface area contributed by atoms with Gasteiger partial charge in [0.15, 0.2) is 0 Å². The first-order chi connectivity index (χ1) is 18.7. The fraction of sp³-hybridized carbons (Fsp3) is 0.194. The Bertz CT molecular complexity index is 1390. The molecule has 0 aliphatic heterocycles. The molecule has 0 radical (unpaired) electrons. The monoisotopic (exact) mass is 649 g/mol. The summed E-state index contributed by atoms with van der Waals surface area (Å²) >= 11 is 1.82. The summed E-state index contributed by atoms with van der Waals surface area (Å²) in [6.45, 7) is 6.54. The predicted octanol–water partition coefficient (Wildman–Crippen LogP) is 8.18. The molecule has 0 aliphatic carbocycles. The SMILES string of the molecule is Cc1ccc(C(C)C)cc1.[Cl][Ru+2].[NH-]C(=O)c1ccc([S-](=O)=O)c([C@@H](c2ccccc2)[C@@H](N)c2ccccc2)c1. The maximum Gasteiger partial charge on any atom is 0.0796 e. The fourth-order valence-electron chi connectivity index (χ4n) is 4.14. The number of hydrogen-bond donors (Lipinski definition) is 1. The van der Waals surface area contributed by atoms with Crippen molar-refractivity contribution >= 4 is 26.3 Å². The number of nitrogens with two attached hydrogens (primary N) is 1. The zero-order chi connectivity index (χ0) is 28.9. The first kappa shape index (κ1) is 32.4. The van der Waals surface area contributed by atoms with E-state index in [0.717, 1.165) is 11.1 Å². The Labute approximate surface area is 247 Å². The van der Waals surface area contributed by atoms with Gasteiger partial charge in [0.2, 0.25) is 0 Å². The van der Waals surface area contributed by atoms with Gasteiger partial charge in [-0.25, -0.2) is 0 Å². The van der Waals surface area contributed by atoms with Gasteiger partial charge in [0, 0.05) is 12.0 Å². The molecule has 0 bridgehead atoms. The van der Waals surface area contributed by atoms with Crippen LogP contribution in [-0.2, 0) is 36.4 Å². The standard InChI is InChI=1S/C21H19N2O3S.C10H14.ClH.Ru/c22-20(15-9-5-2-6-10-15)19(14-7-3-1-4-8-14)17-13-16(21(23)24)11-12-18(17)27(25)26;1-8(2)10-6-4-9(3)5-7-10;;/h1-13,19-20H,22H2,(H2,23,24);4-8H,1-3H3;1H;/q-1;;;+3/p-2/t19-,20+;;;/m1.../s1. The molecule has 4 aromatic carbocycles. The molecule has 39 heavy (non-hydrogen) atoms. The molecule has 0 unspecified atom stereocenters. The van der Waals surface area contributed by atoms with E-state index in [0.29, 0.717) is 11.5 Å². The van der Waals surface area contributed by atoms with Crippen molar-refractivity contribution in [2.45, 2.75) is 43.5 Å². The number of carbonyl (C=O) groups is 1. The maximum atomic E-state index is 11.8. The van der Waals surface area contributed by atoms with Gasteiger partial charge in [-0.15, -0.1) is 0 Å². The second-order valence-corrected chi connectivity index (χ2v) is 10.1. The summed E-state index contributed by atoms with van der Waals surface area (Å²) in [6.07, 6.45) is 0. The Hall–Kier alpha value is -2.83. The summed E-state index contributed by atoms with van der Waals surface area (Å²) in [4.78, 5) is 11.6. The van der Waals surface area contributed by atoms with E-state index < -0.39 is 28.6 Å². The van der Waals surface area contributed by atoms with E-state index in [1.54, 1.807) is 0 Å². The average molecular weight is 649 g/mol. The molecule has 4 rings (SSSR count). The van der Waals surface area contributed by atoms with Crippen LogP contribution in [-0.4, -0.2) is 5.91 Å². The van der Waals surface area contributed by atoms with Gasteiger partial charge >= 0.3 is 27.0 Å². The molecule has 205 valence electrons. The van der Waals surface area contributed by atoms with Crippen LogP contribution in [0.1, 0.15) is 69.9 Å². The van der Waals surface area contributed by atoms with Crippen LogP contribution >= 0.6 is 9.69 Å². The van der Waals surface area contributed by atoms with Crippen LogP contribution in [0.4, 0.5) is 0 Å². The molecule has 2 atom stereocenters. The molecular weight excluding hydrogens is 617 g/mol. The van der Waals surface area contributed by atoms with Gasteiger partial charge in [-0.05, 0) is 45.8 Å². The van der Waals surface area contributed by atoms with Crippen LogP contribution in [0.5, 0.6) is 0 Å². The van der Waals surface area contributed by atoms with Crippen LogP contribution < -0.4 is 5.73 Å². The molecule has 0 spiro atoms. The van der Waals surface area contributed by atoms with E-state index in [4.69, 9.17) is 11.5 Å². The minimum Gasteiger partial charge on any atom is -0.664 e. The second kappa shape index (κ2) is 16.3. The van der Waals surface area contributed by atoms with E-state index >= 15 is 0 Å². The summed E-state index contributed by atoms with van der Waals surface area (Å²) in [5.41, 5.74) is 18.9. The zero-order valence-corrected chi connectivity index (χ0v) is 25.3. The van der Waals surface area contributed by atoms with Crippen LogP contribution in [0.15, 0.2) is 108 Å². The maximum absolute atomic E-state index is 11.8. The molecular formula is C31H32ClN2O3RuS. The number of rotatable bonds is 7. The minimum absolute atomic E-state index is 0.0697. The van der Waals surface area contributed by atoms with Crippen molar-refractivity contribution in [1.82, 2.24) is 0 Å². The Balaban J connectivity index is 0.000000372. The zero-order valence-electron chi connectivity index (χ0n) is 22.0. The van der Waals surface area contributed by atoms with Crippen LogP contribution in [0.3, 0.4) is 0 Å². The summed E-state index contributed by atoms with van der Waals surface area (Å²) in [5.74, 6) is -0.721. The third-order valence-corrected chi connectivity index (χ3v) is 6.96. The average Bonchev–Trinajstić information content (AvgIpc) is 2.95. The molecule has 0 fully saturated rings. The van der Waals surface area contributed by atoms with Gasteiger partial charge in [0.25, 0.3) is 0 Å². The van der Waals surface area contributed by atoms with E-state index in [1.165, 1.54) is 29.3 Å². The topological polar surface area (TPSA) is 101 Å². The summed E-state index contributed by atoms with van der Waals surface area (Å²) < 4.78 is 23.7. The summed E-state index contributed by atoms with van der Waals surface area (Å²) in [7, 11) is 2.06. The Morgan fingerprint density at radius 3 is 1.77 bits per heavy atom. The summed E-state index contributed by atoms with van der Waals surface area (Å²) in [6, 6.07) is 31.0. The summed E-state index contributed by atoms with van der Waals surface area (Å²) in [5, 5.41) is 0. The van der Waals surface area contributed by atoms with Gasteiger partial charge < -0.3 is 24.7 Å². The van der Waals surface area contributed by atoms with Crippen LogP contribution in [0, 0.1) is 6.92 Å². The number of aryl methyl sites for hydroxylation is 1. The Morgan fingerprint density at radius 2 is 1.31 bits per heavy atom. The quantitative estimate of drug-likeness (QED) is 0.161. The smallest absolute Gasteiger partial charge is 0.0796 e. The normalized spacial score (nSPS) is 12.0. The van der Waals surface area contributed by atoms with Crippen molar-refractivity contribution in [3.05, 3.63) is 142 Å². The fourth-order valence-corrected chi connectivity index (χ4v) is 4.70. The van der Waals surface area contributed by atoms with Crippen molar-refractivity contribution in [2.75, 3.05) is 0 Å². The number of halogens is 1. The van der Waals surface area contributed by atoms with Gasteiger partial charge in [-0.1, -0.05) is 133 Å². The molecule has 1 amide bonds. The number of benzene rings is 4. The molecule has 0 saturated heterocycles. The predicted molar refractivity (Wildman–Crippen MR) is 155 cm³/mol. The van der Waals surface area contributed by atoms with E-state index in [9.17, 15) is 13.2 Å². The number of carbonyl (C=O) groups excluding carboxylic acids is 1. The molecule has 8 heteroatoms. The van der Waals surface area contributed by atoms with Crippen molar-refractivity contribution in [3.63, 3.8) is 0 Å². The third-order valence-electron chi connectivity index (χ3n) is 6.23. The largest absolute Gasteiger partial charge is 0.664 e. The van der Waals surface area contributed by atoms with E-state index in [1.807, 2.05) is 78.0 Å². The van der Waals surface area contributed by atoms with Crippen molar-refractivity contribution in [1.29, 1.82) is 0 Å². The molecule has 0 aliphatic rings. The second-order valence-electron chi connectivity index (χ2n) is 9.21. The van der Waals surface area contributed by atoms with Crippen molar-refractivity contribution < 1.29 is 30.5 Å². The third kappa shape index (κ3) is 9.40. The Kier molecular flexibility index (Phi) is 13.5. The molecule has 0 saturated carbocycles. The van der Waals surface area contributed by atoms with Gasteiger partial charge in [-0.3, -0.25) is 0 Å². The van der Waals surface area contributed by atoms with E-state index in [2.05, 4.69) is 54.7 Å². The van der Waals surface area contributed by atoms with Gasteiger partial charge in [-0.2, -0.15) is 0 Å². The molecule has 0 heterocycles. The number of hydrogen-bond acceptors (Lipinski definition) is 5. The number of amides is 1. The molecule has 4 aromatic rings. The van der Waals surface area contributed by atoms with Gasteiger partial charge in [0.05, 0.1) is 5.91 Å².